The fourth-order valence-corrected chi connectivity index (χ4v) is 2.13. The van der Waals surface area contributed by atoms with Gasteiger partial charge in [0.25, 0.3) is 5.91 Å². The van der Waals surface area contributed by atoms with Crippen LogP contribution in [-0.2, 0) is 13.0 Å². The molecule has 0 aliphatic heterocycles. The van der Waals surface area contributed by atoms with Gasteiger partial charge in [-0.25, -0.2) is 0 Å². The summed E-state index contributed by atoms with van der Waals surface area (Å²) in [4.78, 5) is 14.3. The number of nitrogen functional groups attached to an aromatic ring is 1. The van der Waals surface area contributed by atoms with Gasteiger partial charge in [-0.3, -0.25) is 4.79 Å². The van der Waals surface area contributed by atoms with Gasteiger partial charge >= 0.3 is 0 Å². The molecule has 2 rings (SSSR count). The van der Waals surface area contributed by atoms with Crippen LogP contribution >= 0.6 is 0 Å². The zero-order chi connectivity index (χ0) is 15.4. The van der Waals surface area contributed by atoms with Crippen LogP contribution in [0.15, 0.2) is 30.3 Å². The maximum absolute atomic E-state index is 12.6. The van der Waals surface area contributed by atoms with Gasteiger partial charge in [-0.05, 0) is 37.1 Å². The average molecular weight is 284 g/mol. The Morgan fingerprint density at radius 2 is 1.90 bits per heavy atom. The van der Waals surface area contributed by atoms with Crippen LogP contribution in [0, 0.1) is 6.92 Å². The largest absolute Gasteiger partial charge is 0.399 e. The van der Waals surface area contributed by atoms with Crippen molar-refractivity contribution in [3.05, 3.63) is 52.8 Å². The van der Waals surface area contributed by atoms with E-state index >= 15 is 0 Å². The summed E-state index contributed by atoms with van der Waals surface area (Å²) in [6, 6.07) is 9.33. The molecule has 1 aromatic heterocycles. The summed E-state index contributed by atoms with van der Waals surface area (Å²) in [6.45, 7) is 4.34. The highest BCUT2D eigenvalue weighted by Crippen LogP contribution is 2.13. The minimum absolute atomic E-state index is 0.0401. The van der Waals surface area contributed by atoms with Gasteiger partial charge in [0.05, 0.1) is 17.0 Å². The minimum Gasteiger partial charge on any atom is -0.399 e. The zero-order valence-electron chi connectivity index (χ0n) is 12.6. The maximum atomic E-state index is 12.6. The van der Waals surface area contributed by atoms with Gasteiger partial charge in [0, 0.05) is 19.3 Å². The number of nitrogens with zero attached hydrogens (tertiary/aromatic N) is 3. The van der Waals surface area contributed by atoms with Crippen molar-refractivity contribution in [3.63, 3.8) is 0 Å². The van der Waals surface area contributed by atoms with E-state index in [-0.39, 0.29) is 5.91 Å². The van der Waals surface area contributed by atoms with Crippen molar-refractivity contribution in [2.75, 3.05) is 12.8 Å². The normalized spacial score (nSPS) is 10.4. The molecule has 2 aromatic rings. The molecule has 0 radical (unpaired) electrons. The molecule has 0 saturated carbocycles. The van der Waals surface area contributed by atoms with E-state index in [1.54, 1.807) is 18.0 Å². The van der Waals surface area contributed by atoms with Crippen LogP contribution in [0.5, 0.6) is 0 Å². The second-order valence-corrected chi connectivity index (χ2v) is 5.10. The molecular formula is C16H20N4O. The van der Waals surface area contributed by atoms with E-state index in [0.717, 1.165) is 22.6 Å². The third kappa shape index (κ3) is 3.56. The average Bonchev–Trinajstić information content (AvgIpc) is 2.48. The van der Waals surface area contributed by atoms with Gasteiger partial charge in [0.15, 0.2) is 0 Å². The van der Waals surface area contributed by atoms with Gasteiger partial charge in [-0.2, -0.15) is 10.2 Å². The molecule has 110 valence electrons. The highest BCUT2D eigenvalue weighted by atomic mass is 16.2. The third-order valence-electron chi connectivity index (χ3n) is 3.30. The van der Waals surface area contributed by atoms with Crippen molar-refractivity contribution in [2.45, 2.75) is 26.8 Å². The van der Waals surface area contributed by atoms with E-state index in [1.807, 2.05) is 38.1 Å². The molecule has 0 aliphatic carbocycles. The molecular weight excluding hydrogens is 264 g/mol. The molecule has 1 aromatic carbocycles. The van der Waals surface area contributed by atoms with E-state index in [2.05, 4.69) is 10.2 Å². The number of aryl methyl sites for hydroxylation is 2. The minimum atomic E-state index is -0.0401. The smallest absolute Gasteiger partial charge is 0.255 e. The zero-order valence-corrected chi connectivity index (χ0v) is 12.6. The second kappa shape index (κ2) is 6.35. The molecule has 21 heavy (non-hydrogen) atoms. The first-order valence-electron chi connectivity index (χ1n) is 6.94. The van der Waals surface area contributed by atoms with Gasteiger partial charge in [-0.15, -0.1) is 0 Å². The summed E-state index contributed by atoms with van der Waals surface area (Å²) in [6.07, 6.45) is 0.685. The number of rotatable bonds is 4. The number of hydrogen-bond donors (Lipinski definition) is 1. The molecule has 0 fully saturated rings. The standard InChI is InChI=1S/C16H20N4O/c1-4-15-14(9-11(2)18-19-15)16(21)20(3)10-12-5-7-13(17)8-6-12/h5-9H,4,10,17H2,1-3H3. The highest BCUT2D eigenvalue weighted by molar-refractivity contribution is 5.95. The summed E-state index contributed by atoms with van der Waals surface area (Å²) in [5.41, 5.74) is 9.53. The Kier molecular flexibility index (Phi) is 4.52. The number of anilines is 1. The van der Waals surface area contributed by atoms with Crippen molar-refractivity contribution in [3.8, 4) is 0 Å². The number of benzene rings is 1. The van der Waals surface area contributed by atoms with Crippen molar-refractivity contribution in [1.82, 2.24) is 15.1 Å². The lowest BCUT2D eigenvalue weighted by Gasteiger charge is -2.18. The lowest BCUT2D eigenvalue weighted by molar-refractivity contribution is 0.0783. The molecule has 2 N–H and O–H groups in total. The Morgan fingerprint density at radius 3 is 2.52 bits per heavy atom. The topological polar surface area (TPSA) is 72.1 Å². The predicted octanol–water partition coefficient (Wildman–Crippen LogP) is 2.20. The van der Waals surface area contributed by atoms with Crippen LogP contribution in [0.3, 0.4) is 0 Å². The van der Waals surface area contributed by atoms with Crippen molar-refractivity contribution in [1.29, 1.82) is 0 Å². The van der Waals surface area contributed by atoms with Crippen LogP contribution in [0.1, 0.15) is 34.2 Å². The number of carbonyl (C=O) groups is 1. The Bertz CT molecular complexity index is 637. The SMILES string of the molecule is CCc1nnc(C)cc1C(=O)N(C)Cc1ccc(N)cc1. The van der Waals surface area contributed by atoms with E-state index in [4.69, 9.17) is 5.73 Å². The fourth-order valence-electron chi connectivity index (χ4n) is 2.13. The number of hydrogen-bond acceptors (Lipinski definition) is 4. The van der Waals surface area contributed by atoms with E-state index in [9.17, 15) is 4.79 Å². The van der Waals surface area contributed by atoms with E-state index in [1.165, 1.54) is 0 Å². The Balaban J connectivity index is 2.19. The molecule has 0 aliphatic rings. The van der Waals surface area contributed by atoms with Crippen molar-refractivity contribution < 1.29 is 4.79 Å². The lowest BCUT2D eigenvalue weighted by Crippen LogP contribution is -2.27. The quantitative estimate of drug-likeness (QED) is 0.874. The summed E-state index contributed by atoms with van der Waals surface area (Å²) in [7, 11) is 1.79. The third-order valence-corrected chi connectivity index (χ3v) is 3.30. The van der Waals surface area contributed by atoms with E-state index in [0.29, 0.717) is 18.5 Å². The molecule has 1 heterocycles. The van der Waals surface area contributed by atoms with Crippen LogP contribution in [-0.4, -0.2) is 28.1 Å². The summed E-state index contributed by atoms with van der Waals surface area (Å²) in [5, 5.41) is 8.12. The molecule has 0 atom stereocenters. The summed E-state index contributed by atoms with van der Waals surface area (Å²) >= 11 is 0. The van der Waals surface area contributed by atoms with Gasteiger partial charge < -0.3 is 10.6 Å². The Hall–Kier alpha value is -2.43. The van der Waals surface area contributed by atoms with Crippen molar-refractivity contribution in [2.24, 2.45) is 0 Å². The number of amides is 1. The highest BCUT2D eigenvalue weighted by Gasteiger charge is 2.17. The van der Waals surface area contributed by atoms with Gasteiger partial charge in [-0.1, -0.05) is 19.1 Å². The molecule has 0 saturated heterocycles. The predicted molar refractivity (Wildman–Crippen MR) is 82.8 cm³/mol. The van der Waals surface area contributed by atoms with Crippen LogP contribution in [0.25, 0.3) is 0 Å². The monoisotopic (exact) mass is 284 g/mol. The van der Waals surface area contributed by atoms with Crippen molar-refractivity contribution >= 4 is 11.6 Å². The first-order chi connectivity index (χ1) is 10.0. The number of nitrogens with two attached hydrogens (primary N) is 1. The summed E-state index contributed by atoms with van der Waals surface area (Å²) in [5.74, 6) is -0.0401. The molecule has 0 spiro atoms. The molecule has 0 bridgehead atoms. The Labute approximate surface area is 124 Å². The maximum Gasteiger partial charge on any atom is 0.255 e. The van der Waals surface area contributed by atoms with Gasteiger partial charge in [0.1, 0.15) is 0 Å². The second-order valence-electron chi connectivity index (χ2n) is 5.10. The van der Waals surface area contributed by atoms with Gasteiger partial charge in [0.2, 0.25) is 0 Å². The van der Waals surface area contributed by atoms with Crippen LogP contribution in [0.2, 0.25) is 0 Å². The first kappa shape index (κ1) is 15.0. The molecule has 1 amide bonds. The molecule has 5 heteroatoms. The number of aromatic nitrogens is 2. The molecule has 5 nitrogen and oxygen atoms in total. The Morgan fingerprint density at radius 1 is 1.24 bits per heavy atom. The summed E-state index contributed by atoms with van der Waals surface area (Å²) < 4.78 is 0. The van der Waals surface area contributed by atoms with Crippen LogP contribution < -0.4 is 5.73 Å². The molecule has 0 unspecified atom stereocenters. The lowest BCUT2D eigenvalue weighted by atomic mass is 10.1. The van der Waals surface area contributed by atoms with Crippen LogP contribution in [0.4, 0.5) is 5.69 Å². The fraction of sp³-hybridized carbons (Fsp3) is 0.312. The first-order valence-corrected chi connectivity index (χ1v) is 6.94. The number of carbonyl (C=O) groups excluding carboxylic acids is 1. The van der Waals surface area contributed by atoms with E-state index < -0.39 is 0 Å².